The zero-order valence-corrected chi connectivity index (χ0v) is 18.1. The lowest BCUT2D eigenvalue weighted by Crippen LogP contribution is -2.47. The van der Waals surface area contributed by atoms with Crippen LogP contribution in [0.1, 0.15) is 18.1 Å². The first-order valence-electron chi connectivity index (χ1n) is 9.61. The molecule has 1 fully saturated rings. The minimum absolute atomic E-state index is 0.962. The SMILES string of the molecule is COc1ccccc1N1CCN(CC(C)=C(c2ccsc2)c2ccsc2)CC1. The Labute approximate surface area is 175 Å². The number of ether oxygens (including phenoxy) is 1. The van der Waals surface area contributed by atoms with Crippen molar-refractivity contribution >= 4 is 33.9 Å². The highest BCUT2D eigenvalue weighted by Crippen LogP contribution is 2.31. The lowest BCUT2D eigenvalue weighted by Gasteiger charge is -2.37. The standard InChI is InChI=1S/C23H26N2OS2/c1-18(23(19-7-13-27-16-19)20-8-14-28-17-20)15-24-9-11-25(12-10-24)21-5-3-4-6-22(21)26-2/h3-8,13-14,16-17H,9-12,15H2,1-2H3. The molecule has 0 aliphatic carbocycles. The van der Waals surface area contributed by atoms with E-state index in [2.05, 4.69) is 62.5 Å². The van der Waals surface area contributed by atoms with Crippen LogP contribution in [0.3, 0.4) is 0 Å². The molecule has 3 nitrogen and oxygen atoms in total. The predicted molar refractivity (Wildman–Crippen MR) is 122 cm³/mol. The number of anilines is 1. The Morgan fingerprint density at radius 1 is 0.929 bits per heavy atom. The van der Waals surface area contributed by atoms with Crippen molar-refractivity contribution in [2.24, 2.45) is 0 Å². The summed E-state index contributed by atoms with van der Waals surface area (Å²) in [4.78, 5) is 5.01. The summed E-state index contributed by atoms with van der Waals surface area (Å²) in [5.41, 5.74) is 6.73. The lowest BCUT2D eigenvalue weighted by atomic mass is 9.97. The van der Waals surface area contributed by atoms with Crippen LogP contribution in [-0.2, 0) is 0 Å². The number of thiophene rings is 2. The molecule has 5 heteroatoms. The highest BCUT2D eigenvalue weighted by Gasteiger charge is 2.20. The number of hydrogen-bond acceptors (Lipinski definition) is 5. The molecule has 3 heterocycles. The van der Waals surface area contributed by atoms with Crippen LogP contribution < -0.4 is 9.64 Å². The Kier molecular flexibility index (Phi) is 6.15. The van der Waals surface area contributed by atoms with Gasteiger partial charge in [-0.05, 0) is 69.4 Å². The fourth-order valence-corrected chi connectivity index (χ4v) is 5.22. The maximum absolute atomic E-state index is 5.54. The minimum atomic E-state index is 0.962. The van der Waals surface area contributed by atoms with Crippen LogP contribution in [0, 0.1) is 0 Å². The molecule has 0 atom stereocenters. The first-order chi connectivity index (χ1) is 13.8. The number of methoxy groups -OCH3 is 1. The number of hydrogen-bond donors (Lipinski definition) is 0. The van der Waals surface area contributed by atoms with Crippen LogP contribution in [0.5, 0.6) is 5.75 Å². The third-order valence-corrected chi connectivity index (χ3v) is 6.67. The van der Waals surface area contributed by atoms with E-state index in [-0.39, 0.29) is 0 Å². The highest BCUT2D eigenvalue weighted by molar-refractivity contribution is 7.08. The van der Waals surface area contributed by atoms with Gasteiger partial charge in [-0.3, -0.25) is 4.90 Å². The molecule has 0 unspecified atom stereocenters. The molecule has 0 saturated carbocycles. The van der Waals surface area contributed by atoms with Crippen LogP contribution in [0.4, 0.5) is 5.69 Å². The molecule has 28 heavy (non-hydrogen) atoms. The molecule has 0 amide bonds. The largest absolute Gasteiger partial charge is 0.495 e. The number of piperazine rings is 1. The van der Waals surface area contributed by atoms with Gasteiger partial charge < -0.3 is 9.64 Å². The van der Waals surface area contributed by atoms with Gasteiger partial charge in [0.15, 0.2) is 0 Å². The Balaban J connectivity index is 1.47. The molecule has 1 aliphatic heterocycles. The average Bonchev–Trinajstić information content (AvgIpc) is 3.44. The van der Waals surface area contributed by atoms with E-state index in [0.717, 1.165) is 38.5 Å². The van der Waals surface area contributed by atoms with E-state index < -0.39 is 0 Å². The van der Waals surface area contributed by atoms with Crippen molar-refractivity contribution in [3.05, 3.63) is 74.6 Å². The van der Waals surface area contributed by atoms with Crippen molar-refractivity contribution in [2.75, 3.05) is 44.7 Å². The van der Waals surface area contributed by atoms with Crippen molar-refractivity contribution in [1.29, 1.82) is 0 Å². The van der Waals surface area contributed by atoms with Crippen LogP contribution in [0.25, 0.3) is 5.57 Å². The molecule has 4 rings (SSSR count). The number of benzene rings is 1. The fourth-order valence-electron chi connectivity index (χ4n) is 3.93. The van der Waals surface area contributed by atoms with E-state index in [1.807, 2.05) is 12.1 Å². The summed E-state index contributed by atoms with van der Waals surface area (Å²) >= 11 is 3.53. The molecule has 0 radical (unpaired) electrons. The third-order valence-electron chi connectivity index (χ3n) is 5.31. The fraction of sp³-hybridized carbons (Fsp3) is 0.304. The van der Waals surface area contributed by atoms with Gasteiger partial charge >= 0.3 is 0 Å². The quantitative estimate of drug-likeness (QED) is 0.536. The zero-order chi connectivity index (χ0) is 19.3. The van der Waals surface area contributed by atoms with Gasteiger partial charge in [0.05, 0.1) is 12.8 Å². The van der Waals surface area contributed by atoms with Crippen molar-refractivity contribution in [2.45, 2.75) is 6.92 Å². The average molecular weight is 411 g/mol. The molecule has 0 bridgehead atoms. The van der Waals surface area contributed by atoms with E-state index in [9.17, 15) is 0 Å². The monoisotopic (exact) mass is 410 g/mol. The van der Waals surface area contributed by atoms with Crippen LogP contribution in [0.15, 0.2) is 63.5 Å². The Morgan fingerprint density at radius 3 is 2.14 bits per heavy atom. The van der Waals surface area contributed by atoms with Gasteiger partial charge in [-0.1, -0.05) is 17.7 Å². The number of para-hydroxylation sites is 2. The van der Waals surface area contributed by atoms with Gasteiger partial charge in [0.1, 0.15) is 5.75 Å². The van der Waals surface area contributed by atoms with E-state index in [1.165, 1.54) is 28.0 Å². The normalized spacial score (nSPS) is 14.9. The highest BCUT2D eigenvalue weighted by atomic mass is 32.1. The zero-order valence-electron chi connectivity index (χ0n) is 16.4. The molecule has 3 aromatic rings. The van der Waals surface area contributed by atoms with Gasteiger partial charge in [0.25, 0.3) is 0 Å². The second-order valence-electron chi connectivity index (χ2n) is 7.11. The third kappa shape index (κ3) is 4.17. The van der Waals surface area contributed by atoms with Crippen LogP contribution >= 0.6 is 22.7 Å². The van der Waals surface area contributed by atoms with Gasteiger partial charge in [-0.2, -0.15) is 22.7 Å². The summed E-state index contributed by atoms with van der Waals surface area (Å²) in [6.07, 6.45) is 0. The molecular weight excluding hydrogens is 384 g/mol. The van der Waals surface area contributed by atoms with E-state index in [1.54, 1.807) is 29.8 Å². The maximum atomic E-state index is 5.54. The molecule has 0 spiro atoms. The summed E-state index contributed by atoms with van der Waals surface area (Å²) in [5, 5.41) is 8.86. The van der Waals surface area contributed by atoms with Gasteiger partial charge in [0, 0.05) is 32.7 Å². The smallest absolute Gasteiger partial charge is 0.142 e. The van der Waals surface area contributed by atoms with Crippen molar-refractivity contribution in [3.8, 4) is 5.75 Å². The Hall–Kier alpha value is -2.08. The van der Waals surface area contributed by atoms with E-state index in [0.29, 0.717) is 0 Å². The second kappa shape index (κ2) is 8.95. The Morgan fingerprint density at radius 2 is 1.57 bits per heavy atom. The second-order valence-corrected chi connectivity index (χ2v) is 8.67. The van der Waals surface area contributed by atoms with Crippen LogP contribution in [0.2, 0.25) is 0 Å². The van der Waals surface area contributed by atoms with Crippen molar-refractivity contribution in [1.82, 2.24) is 4.90 Å². The molecular formula is C23H26N2OS2. The van der Waals surface area contributed by atoms with Gasteiger partial charge in [0.2, 0.25) is 0 Å². The molecule has 1 saturated heterocycles. The predicted octanol–water partition coefficient (Wildman–Crippen LogP) is 5.46. The maximum Gasteiger partial charge on any atom is 0.142 e. The first-order valence-corrected chi connectivity index (χ1v) is 11.5. The van der Waals surface area contributed by atoms with Crippen molar-refractivity contribution in [3.63, 3.8) is 0 Å². The van der Waals surface area contributed by atoms with Gasteiger partial charge in [-0.25, -0.2) is 0 Å². The summed E-state index contributed by atoms with van der Waals surface area (Å²) in [6, 6.07) is 12.8. The molecule has 0 N–H and O–H groups in total. The molecule has 1 aliphatic rings. The van der Waals surface area contributed by atoms with Crippen LogP contribution in [-0.4, -0.2) is 44.7 Å². The molecule has 146 valence electrons. The topological polar surface area (TPSA) is 15.7 Å². The first kappa shape index (κ1) is 19.2. The minimum Gasteiger partial charge on any atom is -0.495 e. The lowest BCUT2D eigenvalue weighted by molar-refractivity contribution is 0.277. The van der Waals surface area contributed by atoms with Gasteiger partial charge in [-0.15, -0.1) is 0 Å². The summed E-state index contributed by atoms with van der Waals surface area (Å²) < 4.78 is 5.54. The molecule has 2 aromatic heterocycles. The number of rotatable bonds is 6. The number of nitrogens with zero attached hydrogens (tertiary/aromatic N) is 2. The summed E-state index contributed by atoms with van der Waals surface area (Å²) in [7, 11) is 1.75. The molecule has 1 aromatic carbocycles. The van der Waals surface area contributed by atoms with Crippen molar-refractivity contribution < 1.29 is 4.74 Å². The Bertz CT molecular complexity index is 872. The summed E-state index contributed by atoms with van der Waals surface area (Å²) in [6.45, 7) is 7.49. The van der Waals surface area contributed by atoms with E-state index >= 15 is 0 Å². The summed E-state index contributed by atoms with van der Waals surface area (Å²) in [5.74, 6) is 0.962. The van der Waals surface area contributed by atoms with E-state index in [4.69, 9.17) is 4.74 Å².